The van der Waals surface area contributed by atoms with Gasteiger partial charge in [-0.1, -0.05) is 32.4 Å². The standard InChI is InChI=1S/C21H28ClN3O2Si/c1-14-16(9-8-15(12-23)18(14)22)24-19-25-11-10-17(21(25,5)13-26-19)27-28(6,7)20(2,3)4/h8-10H,11,13H2,1-7H3/b24-19-/t21-/m0/s1. The van der Waals surface area contributed by atoms with E-state index in [0.29, 0.717) is 35.4 Å². The Kier molecular flexibility index (Phi) is 5.05. The van der Waals surface area contributed by atoms with Crippen molar-refractivity contribution in [3.8, 4) is 6.07 Å². The fourth-order valence-electron chi connectivity index (χ4n) is 3.11. The summed E-state index contributed by atoms with van der Waals surface area (Å²) >= 11 is 6.29. The highest BCUT2D eigenvalue weighted by atomic mass is 35.5. The Hall–Kier alpha value is -1.97. The summed E-state index contributed by atoms with van der Waals surface area (Å²) in [5, 5.41) is 9.70. The van der Waals surface area contributed by atoms with Gasteiger partial charge < -0.3 is 14.1 Å². The lowest BCUT2D eigenvalue weighted by atomic mass is 10.0. The van der Waals surface area contributed by atoms with Crippen molar-refractivity contribution < 1.29 is 9.16 Å². The van der Waals surface area contributed by atoms with Gasteiger partial charge in [-0.05, 0) is 55.8 Å². The first-order valence-corrected chi connectivity index (χ1v) is 12.8. The number of benzene rings is 1. The van der Waals surface area contributed by atoms with Crippen molar-refractivity contribution in [3.05, 3.63) is 40.1 Å². The summed E-state index contributed by atoms with van der Waals surface area (Å²) in [6.07, 6.45) is 2.15. The molecule has 1 saturated heterocycles. The zero-order valence-corrected chi connectivity index (χ0v) is 19.4. The van der Waals surface area contributed by atoms with Crippen molar-refractivity contribution >= 4 is 31.6 Å². The summed E-state index contributed by atoms with van der Waals surface area (Å²) in [7, 11) is -1.94. The third-order valence-electron chi connectivity index (χ3n) is 6.16. The van der Waals surface area contributed by atoms with E-state index in [1.807, 2.05) is 13.0 Å². The van der Waals surface area contributed by atoms with Crippen molar-refractivity contribution in [1.82, 2.24) is 4.90 Å². The van der Waals surface area contributed by atoms with E-state index in [1.54, 1.807) is 6.07 Å². The van der Waals surface area contributed by atoms with E-state index in [4.69, 9.17) is 31.0 Å². The monoisotopic (exact) mass is 417 g/mol. The molecule has 1 fully saturated rings. The number of rotatable bonds is 3. The largest absolute Gasteiger partial charge is 0.545 e. The van der Waals surface area contributed by atoms with Crippen LogP contribution >= 0.6 is 11.6 Å². The van der Waals surface area contributed by atoms with Gasteiger partial charge in [-0.25, -0.2) is 0 Å². The van der Waals surface area contributed by atoms with Gasteiger partial charge in [-0.3, -0.25) is 0 Å². The van der Waals surface area contributed by atoms with Crippen LogP contribution in [0.4, 0.5) is 5.69 Å². The Morgan fingerprint density at radius 3 is 2.64 bits per heavy atom. The van der Waals surface area contributed by atoms with Gasteiger partial charge in [0.25, 0.3) is 6.02 Å². The van der Waals surface area contributed by atoms with Gasteiger partial charge in [0.2, 0.25) is 8.32 Å². The molecule has 0 radical (unpaired) electrons. The molecular formula is C21H28ClN3O2Si. The quantitative estimate of drug-likeness (QED) is 0.607. The SMILES string of the molecule is Cc1c(/N=C2\OC[C@@]3(C)C(O[Si](C)(C)C(C)(C)C)=CCN23)ccc(C#N)c1Cl. The molecule has 1 aromatic rings. The molecule has 0 aromatic heterocycles. The highest BCUT2D eigenvalue weighted by molar-refractivity contribution is 6.74. The van der Waals surface area contributed by atoms with E-state index in [1.165, 1.54) is 0 Å². The summed E-state index contributed by atoms with van der Waals surface area (Å²) in [5.41, 5.74) is 1.59. The zero-order valence-electron chi connectivity index (χ0n) is 17.7. The van der Waals surface area contributed by atoms with Crippen LogP contribution in [0.3, 0.4) is 0 Å². The van der Waals surface area contributed by atoms with Crippen LogP contribution in [0.15, 0.2) is 29.0 Å². The van der Waals surface area contributed by atoms with E-state index in [2.05, 4.69) is 57.8 Å². The van der Waals surface area contributed by atoms with Gasteiger partial charge in [0.1, 0.15) is 24.0 Å². The zero-order chi connectivity index (χ0) is 20.9. The lowest BCUT2D eigenvalue weighted by Crippen LogP contribution is -2.47. The first-order chi connectivity index (χ1) is 12.9. The number of aliphatic imine (C=N–C) groups is 1. The smallest absolute Gasteiger partial charge is 0.293 e. The molecule has 0 unspecified atom stereocenters. The van der Waals surface area contributed by atoms with Crippen LogP contribution in [0.5, 0.6) is 0 Å². The molecule has 2 aliphatic rings. The molecule has 0 N–H and O–H groups in total. The normalized spacial score (nSPS) is 23.3. The minimum Gasteiger partial charge on any atom is -0.545 e. The lowest BCUT2D eigenvalue weighted by molar-refractivity contribution is 0.203. The second-order valence-corrected chi connectivity index (χ2v) is 14.3. The van der Waals surface area contributed by atoms with Gasteiger partial charge >= 0.3 is 0 Å². The Labute approximate surface area is 173 Å². The fourth-order valence-corrected chi connectivity index (χ4v) is 4.47. The van der Waals surface area contributed by atoms with Crippen LogP contribution in [-0.2, 0) is 9.16 Å². The van der Waals surface area contributed by atoms with Gasteiger partial charge in [0.15, 0.2) is 0 Å². The van der Waals surface area contributed by atoms with E-state index in [9.17, 15) is 0 Å². The van der Waals surface area contributed by atoms with Crippen LogP contribution in [-0.4, -0.2) is 37.9 Å². The highest BCUT2D eigenvalue weighted by Crippen LogP contribution is 2.44. The Morgan fingerprint density at radius 1 is 1.36 bits per heavy atom. The van der Waals surface area contributed by atoms with Crippen LogP contribution in [0.25, 0.3) is 0 Å². The molecule has 7 heteroatoms. The Bertz CT molecular complexity index is 911. The van der Waals surface area contributed by atoms with Crippen molar-refractivity contribution in [2.24, 2.45) is 4.99 Å². The molecule has 5 nitrogen and oxygen atoms in total. The predicted molar refractivity (Wildman–Crippen MR) is 115 cm³/mol. The van der Waals surface area contributed by atoms with E-state index in [0.717, 1.165) is 11.3 Å². The summed E-state index contributed by atoms with van der Waals surface area (Å²) in [5.74, 6) is 0.985. The third-order valence-corrected chi connectivity index (χ3v) is 11.0. The maximum Gasteiger partial charge on any atom is 0.293 e. The van der Waals surface area contributed by atoms with Crippen LogP contribution in [0.2, 0.25) is 23.2 Å². The average Bonchev–Trinajstić information content (AvgIpc) is 3.07. The molecule has 0 spiro atoms. The predicted octanol–water partition coefficient (Wildman–Crippen LogP) is 5.52. The molecular weight excluding hydrogens is 390 g/mol. The molecule has 3 rings (SSSR count). The number of nitriles is 1. The molecule has 0 bridgehead atoms. The van der Waals surface area contributed by atoms with E-state index >= 15 is 0 Å². The Morgan fingerprint density at radius 2 is 2.04 bits per heavy atom. The van der Waals surface area contributed by atoms with Crippen molar-refractivity contribution in [3.63, 3.8) is 0 Å². The van der Waals surface area contributed by atoms with Gasteiger partial charge in [-0.2, -0.15) is 10.3 Å². The van der Waals surface area contributed by atoms with Crippen molar-refractivity contribution in [1.29, 1.82) is 5.26 Å². The van der Waals surface area contributed by atoms with Crippen molar-refractivity contribution in [2.45, 2.75) is 58.3 Å². The maximum absolute atomic E-state index is 9.13. The van der Waals surface area contributed by atoms with Gasteiger partial charge in [0, 0.05) is 6.54 Å². The Balaban J connectivity index is 1.87. The second kappa shape index (κ2) is 6.82. The third kappa shape index (κ3) is 3.31. The first-order valence-electron chi connectivity index (χ1n) is 9.49. The number of amidine groups is 1. The number of hydrogen-bond donors (Lipinski definition) is 0. The summed E-state index contributed by atoms with van der Waals surface area (Å²) in [4.78, 5) is 6.85. The molecule has 0 aliphatic carbocycles. The molecule has 0 saturated carbocycles. The van der Waals surface area contributed by atoms with Crippen molar-refractivity contribution in [2.75, 3.05) is 13.2 Å². The molecule has 2 heterocycles. The minimum absolute atomic E-state index is 0.129. The maximum atomic E-state index is 9.13. The number of fused-ring (bicyclic) bond motifs is 1. The first kappa shape index (κ1) is 20.8. The second-order valence-electron chi connectivity index (χ2n) is 9.18. The van der Waals surface area contributed by atoms with E-state index in [-0.39, 0.29) is 10.6 Å². The average molecular weight is 418 g/mol. The molecule has 2 aliphatic heterocycles. The fraction of sp³-hybridized carbons (Fsp3) is 0.524. The van der Waals surface area contributed by atoms with Crippen LogP contribution < -0.4 is 0 Å². The number of hydrogen-bond acceptors (Lipinski definition) is 4. The van der Waals surface area contributed by atoms with Gasteiger partial charge in [0.05, 0.1) is 16.3 Å². The van der Waals surface area contributed by atoms with Gasteiger partial charge in [-0.15, -0.1) is 0 Å². The summed E-state index contributed by atoms with van der Waals surface area (Å²) in [6, 6.07) is 6.16. The van der Waals surface area contributed by atoms with E-state index < -0.39 is 8.32 Å². The minimum atomic E-state index is -1.94. The lowest BCUT2D eigenvalue weighted by Gasteiger charge is -2.40. The number of halogens is 1. The molecule has 28 heavy (non-hydrogen) atoms. The molecule has 0 amide bonds. The molecule has 150 valence electrons. The molecule has 1 aromatic carbocycles. The van der Waals surface area contributed by atoms with Crippen LogP contribution in [0, 0.1) is 18.3 Å². The molecule has 1 atom stereocenters. The summed E-state index contributed by atoms with van der Waals surface area (Å²) in [6.45, 7) is 16.4. The number of ether oxygens (including phenoxy) is 1. The topological polar surface area (TPSA) is 57.9 Å². The summed E-state index contributed by atoms with van der Waals surface area (Å²) < 4.78 is 12.6. The highest BCUT2D eigenvalue weighted by Gasteiger charge is 2.52. The van der Waals surface area contributed by atoms with Crippen LogP contribution in [0.1, 0.15) is 38.8 Å². The number of nitrogens with zero attached hydrogens (tertiary/aromatic N) is 3.